The fraction of sp³-hybridized carbons (Fsp3) is 0.250. The fourth-order valence-corrected chi connectivity index (χ4v) is 3.02. The van der Waals surface area contributed by atoms with Crippen molar-refractivity contribution in [1.29, 1.82) is 0 Å². The zero-order valence-electron chi connectivity index (χ0n) is 15.3. The van der Waals surface area contributed by atoms with Gasteiger partial charge < -0.3 is 24.8 Å². The van der Waals surface area contributed by atoms with Crippen molar-refractivity contribution in [3.05, 3.63) is 48.5 Å². The van der Waals surface area contributed by atoms with Crippen LogP contribution in [-0.2, 0) is 14.4 Å². The Labute approximate surface area is 161 Å². The summed E-state index contributed by atoms with van der Waals surface area (Å²) < 4.78 is 10.4. The minimum absolute atomic E-state index is 0.0963. The molecule has 0 bridgehead atoms. The van der Waals surface area contributed by atoms with Gasteiger partial charge in [0.05, 0.1) is 18.7 Å². The minimum Gasteiger partial charge on any atom is -0.495 e. The standard InChI is InChI=1S/C20H20N2O6/c1-27-17-8-3-2-7-16(17)22-11-13(9-18(22)23)20(26)21-14-5-4-6-15(10-14)28-12-19(24)25/h2-8,10,13H,9,11-12H2,1H3,(H,21,26)(H,24,25). The monoisotopic (exact) mass is 384 g/mol. The molecule has 146 valence electrons. The Bertz CT molecular complexity index is 898. The largest absolute Gasteiger partial charge is 0.495 e. The van der Waals surface area contributed by atoms with E-state index in [-0.39, 0.29) is 24.8 Å². The molecule has 2 aromatic rings. The molecule has 1 atom stereocenters. The summed E-state index contributed by atoms with van der Waals surface area (Å²) in [5, 5.41) is 11.4. The number of benzene rings is 2. The van der Waals surface area contributed by atoms with Crippen LogP contribution in [0.15, 0.2) is 48.5 Å². The molecule has 1 fully saturated rings. The third-order valence-electron chi connectivity index (χ3n) is 4.34. The molecule has 0 aromatic heterocycles. The smallest absolute Gasteiger partial charge is 0.341 e. The molecule has 1 aliphatic rings. The van der Waals surface area contributed by atoms with Crippen molar-refractivity contribution in [1.82, 2.24) is 0 Å². The Morgan fingerprint density at radius 2 is 2.00 bits per heavy atom. The second-order valence-corrected chi connectivity index (χ2v) is 6.28. The number of amides is 2. The summed E-state index contributed by atoms with van der Waals surface area (Å²) >= 11 is 0. The van der Waals surface area contributed by atoms with E-state index in [9.17, 15) is 14.4 Å². The van der Waals surface area contributed by atoms with Gasteiger partial charge in [0.2, 0.25) is 11.8 Å². The van der Waals surface area contributed by atoms with Crippen LogP contribution >= 0.6 is 0 Å². The van der Waals surface area contributed by atoms with E-state index in [0.29, 0.717) is 22.9 Å². The molecule has 2 amide bonds. The van der Waals surface area contributed by atoms with Crippen molar-refractivity contribution in [2.45, 2.75) is 6.42 Å². The number of anilines is 2. The number of carboxylic acid groups (broad SMARTS) is 1. The third-order valence-corrected chi connectivity index (χ3v) is 4.34. The highest BCUT2D eigenvalue weighted by Gasteiger charge is 2.36. The average Bonchev–Trinajstić information content (AvgIpc) is 3.08. The molecule has 28 heavy (non-hydrogen) atoms. The molecule has 0 radical (unpaired) electrons. The molecule has 3 rings (SSSR count). The maximum absolute atomic E-state index is 12.6. The first kappa shape index (κ1) is 19.2. The second kappa shape index (κ2) is 8.43. The lowest BCUT2D eigenvalue weighted by atomic mass is 10.1. The van der Waals surface area contributed by atoms with Crippen molar-refractivity contribution >= 4 is 29.2 Å². The number of aliphatic carboxylic acids is 1. The Hall–Kier alpha value is -3.55. The molecular formula is C20H20N2O6. The third kappa shape index (κ3) is 4.40. The van der Waals surface area contributed by atoms with Gasteiger partial charge in [-0.1, -0.05) is 18.2 Å². The lowest BCUT2D eigenvalue weighted by Gasteiger charge is -2.19. The lowest BCUT2D eigenvalue weighted by Crippen LogP contribution is -2.28. The van der Waals surface area contributed by atoms with Crippen LogP contribution in [0, 0.1) is 5.92 Å². The molecule has 1 saturated heterocycles. The number of carbonyl (C=O) groups is 3. The van der Waals surface area contributed by atoms with Gasteiger partial charge in [0, 0.05) is 24.7 Å². The van der Waals surface area contributed by atoms with Crippen molar-refractivity contribution in [3.63, 3.8) is 0 Å². The maximum atomic E-state index is 12.6. The fourth-order valence-electron chi connectivity index (χ4n) is 3.02. The number of carbonyl (C=O) groups excluding carboxylic acids is 2. The van der Waals surface area contributed by atoms with Crippen LogP contribution in [0.1, 0.15) is 6.42 Å². The number of nitrogens with zero attached hydrogens (tertiary/aromatic N) is 1. The quantitative estimate of drug-likeness (QED) is 0.758. The first-order valence-corrected chi connectivity index (χ1v) is 8.67. The van der Waals surface area contributed by atoms with Crippen LogP contribution in [0.3, 0.4) is 0 Å². The van der Waals surface area contributed by atoms with E-state index in [1.54, 1.807) is 41.3 Å². The first-order chi connectivity index (χ1) is 13.5. The normalized spacial score (nSPS) is 16.0. The Kier molecular flexibility index (Phi) is 5.78. The van der Waals surface area contributed by atoms with Crippen molar-refractivity contribution in [2.24, 2.45) is 5.92 Å². The Morgan fingerprint density at radius 3 is 2.75 bits per heavy atom. The molecule has 2 aromatic carbocycles. The summed E-state index contributed by atoms with van der Waals surface area (Å²) in [6.45, 7) is -0.220. The highest BCUT2D eigenvalue weighted by atomic mass is 16.5. The second-order valence-electron chi connectivity index (χ2n) is 6.28. The Morgan fingerprint density at radius 1 is 1.21 bits per heavy atom. The van der Waals surface area contributed by atoms with Gasteiger partial charge in [-0.3, -0.25) is 9.59 Å². The predicted molar refractivity (Wildman–Crippen MR) is 102 cm³/mol. The number of hydrogen-bond acceptors (Lipinski definition) is 5. The van der Waals surface area contributed by atoms with E-state index in [4.69, 9.17) is 14.6 Å². The predicted octanol–water partition coefficient (Wildman–Crippen LogP) is 2.15. The van der Waals surface area contributed by atoms with Crippen molar-refractivity contribution in [3.8, 4) is 11.5 Å². The van der Waals surface area contributed by atoms with Gasteiger partial charge in [-0.25, -0.2) is 4.79 Å². The maximum Gasteiger partial charge on any atom is 0.341 e. The van der Waals surface area contributed by atoms with Crippen LogP contribution in [-0.4, -0.2) is 43.2 Å². The van der Waals surface area contributed by atoms with Crippen molar-refractivity contribution < 1.29 is 29.0 Å². The van der Waals surface area contributed by atoms with Crippen molar-refractivity contribution in [2.75, 3.05) is 30.5 Å². The lowest BCUT2D eigenvalue weighted by molar-refractivity contribution is -0.139. The number of carboxylic acids is 1. The molecule has 8 heteroatoms. The van der Waals surface area contributed by atoms with E-state index in [0.717, 1.165) is 0 Å². The van der Waals surface area contributed by atoms with E-state index in [2.05, 4.69) is 5.32 Å². The first-order valence-electron chi connectivity index (χ1n) is 8.67. The minimum atomic E-state index is -1.09. The summed E-state index contributed by atoms with van der Waals surface area (Å²) in [7, 11) is 1.53. The summed E-state index contributed by atoms with van der Waals surface area (Å²) in [6.07, 6.45) is 0.0963. The molecule has 2 N–H and O–H groups in total. The van der Waals surface area contributed by atoms with Gasteiger partial charge in [-0.2, -0.15) is 0 Å². The molecule has 1 aliphatic heterocycles. The van der Waals surface area contributed by atoms with E-state index in [1.165, 1.54) is 13.2 Å². The zero-order chi connectivity index (χ0) is 20.1. The number of nitrogens with one attached hydrogen (secondary N) is 1. The molecule has 1 heterocycles. The molecule has 8 nitrogen and oxygen atoms in total. The van der Waals surface area contributed by atoms with Gasteiger partial charge in [0.25, 0.3) is 0 Å². The number of methoxy groups -OCH3 is 1. The zero-order valence-corrected chi connectivity index (χ0v) is 15.3. The topological polar surface area (TPSA) is 105 Å². The SMILES string of the molecule is COc1ccccc1N1CC(C(=O)Nc2cccc(OCC(=O)O)c2)CC1=O. The summed E-state index contributed by atoms with van der Waals surface area (Å²) in [4.78, 5) is 37.2. The molecule has 1 unspecified atom stereocenters. The number of para-hydroxylation sites is 2. The van der Waals surface area contributed by atoms with Gasteiger partial charge in [-0.05, 0) is 24.3 Å². The van der Waals surface area contributed by atoms with Crippen LogP contribution in [0.4, 0.5) is 11.4 Å². The van der Waals surface area contributed by atoms with Gasteiger partial charge in [0.1, 0.15) is 11.5 Å². The van der Waals surface area contributed by atoms with E-state index < -0.39 is 18.5 Å². The highest BCUT2D eigenvalue weighted by molar-refractivity contribution is 6.04. The molecule has 0 aliphatic carbocycles. The molecule has 0 spiro atoms. The summed E-state index contributed by atoms with van der Waals surface area (Å²) in [6, 6.07) is 13.6. The number of hydrogen-bond donors (Lipinski definition) is 2. The van der Waals surface area contributed by atoms with E-state index >= 15 is 0 Å². The van der Waals surface area contributed by atoms with Crippen LogP contribution in [0.25, 0.3) is 0 Å². The van der Waals surface area contributed by atoms with Crippen LogP contribution in [0.2, 0.25) is 0 Å². The van der Waals surface area contributed by atoms with Crippen LogP contribution in [0.5, 0.6) is 11.5 Å². The number of rotatable bonds is 7. The van der Waals surface area contributed by atoms with Crippen LogP contribution < -0.4 is 19.7 Å². The summed E-state index contributed by atoms with van der Waals surface area (Å²) in [5.41, 5.74) is 1.10. The highest BCUT2D eigenvalue weighted by Crippen LogP contribution is 2.33. The number of ether oxygens (including phenoxy) is 2. The average molecular weight is 384 g/mol. The molecular weight excluding hydrogens is 364 g/mol. The van der Waals surface area contributed by atoms with Gasteiger partial charge >= 0.3 is 5.97 Å². The van der Waals surface area contributed by atoms with E-state index in [1.807, 2.05) is 6.07 Å². The van der Waals surface area contributed by atoms with Gasteiger partial charge in [-0.15, -0.1) is 0 Å². The van der Waals surface area contributed by atoms with Gasteiger partial charge in [0.15, 0.2) is 6.61 Å². The summed E-state index contributed by atoms with van der Waals surface area (Å²) in [5.74, 6) is -1.14. The Balaban J connectivity index is 1.67. The molecule has 0 saturated carbocycles.